The fraction of sp³-hybridized carbons (Fsp3) is 0.500. The quantitative estimate of drug-likeness (QED) is 0.276. The van der Waals surface area contributed by atoms with Gasteiger partial charge in [0.05, 0.1) is 29.6 Å². The summed E-state index contributed by atoms with van der Waals surface area (Å²) in [6.07, 6.45) is 5.73. The maximum atomic E-state index is 12.1. The zero-order valence-electron chi connectivity index (χ0n) is 17.6. The fourth-order valence-electron chi connectivity index (χ4n) is 3.39. The van der Waals surface area contributed by atoms with E-state index < -0.39 is 12.1 Å². The lowest BCUT2D eigenvalue weighted by molar-refractivity contribution is -0.117. The van der Waals surface area contributed by atoms with Crippen molar-refractivity contribution in [2.75, 3.05) is 24.8 Å². The van der Waals surface area contributed by atoms with Crippen molar-refractivity contribution in [3.63, 3.8) is 0 Å². The van der Waals surface area contributed by atoms with Crippen LogP contribution in [0.2, 0.25) is 0 Å². The second-order valence-electron chi connectivity index (χ2n) is 7.57. The minimum Gasteiger partial charge on any atom is -0.459 e. The maximum Gasteiger partial charge on any atom is 0.350 e. The molecule has 0 spiro atoms. The number of rotatable bonds is 11. The largest absolute Gasteiger partial charge is 0.459 e. The number of hydrogen-bond acceptors (Lipinski definition) is 8. The average molecular weight is 448 g/mol. The summed E-state index contributed by atoms with van der Waals surface area (Å²) in [5.41, 5.74) is 4.74. The topological polar surface area (TPSA) is 112 Å². The molecule has 168 valence electrons. The van der Waals surface area contributed by atoms with E-state index in [0.717, 1.165) is 35.5 Å². The number of aryl methyl sites for hydroxylation is 1. The first-order valence-electron chi connectivity index (χ1n) is 10.5. The highest BCUT2D eigenvalue weighted by Crippen LogP contribution is 2.37. The third-order valence-corrected chi connectivity index (χ3v) is 6.36. The zero-order valence-corrected chi connectivity index (χ0v) is 18.4. The van der Waals surface area contributed by atoms with Crippen LogP contribution in [-0.4, -0.2) is 46.8 Å². The highest BCUT2D eigenvalue weighted by Gasteiger charge is 2.26. The Kier molecular flexibility index (Phi) is 8.53. The van der Waals surface area contributed by atoms with Gasteiger partial charge in [-0.05, 0) is 42.9 Å². The lowest BCUT2D eigenvalue weighted by Crippen LogP contribution is -2.42. The summed E-state index contributed by atoms with van der Waals surface area (Å²) in [5.74, 6) is -0.268. The lowest BCUT2D eigenvalue weighted by atomic mass is 9.79. The lowest BCUT2D eigenvalue weighted by Gasteiger charge is -2.30. The van der Waals surface area contributed by atoms with Gasteiger partial charge in [0.1, 0.15) is 11.5 Å². The number of carbonyl (C=O) groups excluding carboxylic acids is 2. The highest BCUT2D eigenvalue weighted by molar-refractivity contribution is 7.13. The monoisotopic (exact) mass is 447 g/mol. The van der Waals surface area contributed by atoms with Crippen molar-refractivity contribution >= 4 is 28.9 Å². The molecule has 0 bridgehead atoms. The minimum atomic E-state index is -0.482. The van der Waals surface area contributed by atoms with Crippen LogP contribution in [0.3, 0.4) is 0 Å². The van der Waals surface area contributed by atoms with Gasteiger partial charge in [-0.1, -0.05) is 18.6 Å². The van der Waals surface area contributed by atoms with E-state index in [4.69, 9.17) is 9.84 Å². The van der Waals surface area contributed by atoms with Gasteiger partial charge in [-0.2, -0.15) is 0 Å². The highest BCUT2D eigenvalue weighted by atomic mass is 32.1. The van der Waals surface area contributed by atoms with E-state index in [0.29, 0.717) is 23.8 Å². The van der Waals surface area contributed by atoms with Crippen molar-refractivity contribution < 1.29 is 24.5 Å². The second kappa shape index (κ2) is 11.3. The van der Waals surface area contributed by atoms with Crippen molar-refractivity contribution in [3.05, 3.63) is 45.9 Å². The molecule has 1 aromatic carbocycles. The van der Waals surface area contributed by atoms with Crippen molar-refractivity contribution in [3.8, 4) is 0 Å². The summed E-state index contributed by atoms with van der Waals surface area (Å²) in [6, 6.07) is 7.44. The van der Waals surface area contributed by atoms with E-state index in [9.17, 15) is 14.7 Å². The number of benzene rings is 1. The molecule has 1 unspecified atom stereocenters. The molecule has 1 saturated carbocycles. The Bertz CT molecular complexity index is 866. The Hall–Kier alpha value is -2.33. The third kappa shape index (κ3) is 6.33. The van der Waals surface area contributed by atoms with Gasteiger partial charge in [0.25, 0.3) is 0 Å². The number of anilines is 1. The van der Waals surface area contributed by atoms with Crippen molar-refractivity contribution in [1.82, 2.24) is 10.4 Å². The smallest absolute Gasteiger partial charge is 0.350 e. The van der Waals surface area contributed by atoms with Crippen LogP contribution in [0, 0.1) is 5.92 Å². The molecule has 8 nitrogen and oxygen atoms in total. The van der Waals surface area contributed by atoms with Gasteiger partial charge >= 0.3 is 5.97 Å². The molecule has 9 heteroatoms. The Balaban J connectivity index is 1.48. The Morgan fingerprint density at radius 1 is 1.32 bits per heavy atom. The molecule has 1 aliphatic rings. The molecule has 1 aromatic heterocycles. The van der Waals surface area contributed by atoms with Crippen LogP contribution in [0.15, 0.2) is 30.5 Å². The van der Waals surface area contributed by atoms with Crippen molar-refractivity contribution in [2.24, 2.45) is 5.92 Å². The van der Waals surface area contributed by atoms with E-state index in [1.807, 2.05) is 24.3 Å². The van der Waals surface area contributed by atoms with Crippen LogP contribution in [0.4, 0.5) is 5.69 Å². The number of amides is 1. The first-order valence-corrected chi connectivity index (χ1v) is 11.4. The number of hydrogen-bond donors (Lipinski definition) is 3. The third-order valence-electron chi connectivity index (χ3n) is 5.32. The van der Waals surface area contributed by atoms with Crippen molar-refractivity contribution in [1.29, 1.82) is 0 Å². The van der Waals surface area contributed by atoms with Gasteiger partial charge in [0.2, 0.25) is 5.91 Å². The Morgan fingerprint density at radius 2 is 2.06 bits per heavy atom. The van der Waals surface area contributed by atoms with Gasteiger partial charge in [-0.3, -0.25) is 4.79 Å². The Morgan fingerprint density at radius 3 is 2.68 bits per heavy atom. The van der Waals surface area contributed by atoms with Crippen molar-refractivity contribution in [2.45, 2.75) is 45.1 Å². The predicted octanol–water partition coefficient (Wildman–Crippen LogP) is 2.62. The molecule has 31 heavy (non-hydrogen) atoms. The van der Waals surface area contributed by atoms with Crippen LogP contribution >= 0.6 is 11.3 Å². The Labute approximate surface area is 185 Å². The minimum absolute atomic E-state index is 0.0304. The molecule has 0 saturated heterocycles. The standard InChI is InChI=1S/C22H29N3O5S/c1-15(27)25(18-9-7-17(8-10-18)21(28)16-4-2-5-16)24-11-3-6-20-23-14-19(31-20)22(29)30-13-12-26/h7-10,14,16,21,24,26,28H,2-6,11-13H2,1H3. The van der Waals surface area contributed by atoms with Gasteiger partial charge in [-0.15, -0.1) is 11.3 Å². The van der Waals surface area contributed by atoms with Crippen LogP contribution in [-0.2, 0) is 16.0 Å². The number of carbonyl (C=O) groups is 2. The van der Waals surface area contributed by atoms with Crippen LogP contribution in [0.25, 0.3) is 0 Å². The van der Waals surface area contributed by atoms with E-state index in [1.54, 1.807) is 0 Å². The number of esters is 1. The molecule has 1 aliphatic carbocycles. The first-order chi connectivity index (χ1) is 15.0. The SMILES string of the molecule is CC(=O)N(NCCCc1ncc(C(=O)OCCO)s1)c1ccc(C(O)C2CCC2)cc1. The number of aliphatic hydroxyl groups excluding tert-OH is 2. The van der Waals surface area contributed by atoms with E-state index in [-0.39, 0.29) is 19.1 Å². The normalized spacial score (nSPS) is 14.7. The fourth-order valence-corrected chi connectivity index (χ4v) is 4.25. The number of nitrogens with one attached hydrogen (secondary N) is 1. The second-order valence-corrected chi connectivity index (χ2v) is 8.69. The van der Waals surface area contributed by atoms with E-state index in [2.05, 4.69) is 10.4 Å². The molecule has 1 fully saturated rings. The molecule has 1 amide bonds. The molecular weight excluding hydrogens is 418 g/mol. The van der Waals surface area contributed by atoms with Gasteiger partial charge in [-0.25, -0.2) is 20.2 Å². The van der Waals surface area contributed by atoms with Gasteiger partial charge < -0.3 is 14.9 Å². The number of aromatic nitrogens is 1. The van der Waals surface area contributed by atoms with Gasteiger partial charge in [0, 0.05) is 19.9 Å². The number of thiazole rings is 1. The molecule has 1 heterocycles. The summed E-state index contributed by atoms with van der Waals surface area (Å²) in [4.78, 5) is 28.5. The summed E-state index contributed by atoms with van der Waals surface area (Å²) < 4.78 is 4.88. The van der Waals surface area contributed by atoms with Gasteiger partial charge in [0.15, 0.2) is 0 Å². The van der Waals surface area contributed by atoms with Crippen LogP contribution in [0.1, 0.15) is 59.0 Å². The average Bonchev–Trinajstić information content (AvgIpc) is 3.19. The molecular formula is C22H29N3O5S. The summed E-state index contributed by atoms with van der Waals surface area (Å²) >= 11 is 1.27. The summed E-state index contributed by atoms with van der Waals surface area (Å²) in [7, 11) is 0. The molecule has 2 aromatic rings. The molecule has 3 rings (SSSR count). The number of hydrazine groups is 1. The molecule has 0 radical (unpaired) electrons. The van der Waals surface area contributed by atoms with Crippen LogP contribution < -0.4 is 10.4 Å². The van der Waals surface area contributed by atoms with E-state index in [1.165, 1.54) is 35.9 Å². The molecule has 3 N–H and O–H groups in total. The number of nitrogens with zero attached hydrogens (tertiary/aromatic N) is 2. The van der Waals surface area contributed by atoms with Crippen LogP contribution in [0.5, 0.6) is 0 Å². The maximum absolute atomic E-state index is 12.1. The first kappa shape index (κ1) is 23.3. The number of ether oxygens (including phenoxy) is 1. The number of aliphatic hydroxyl groups is 2. The molecule has 0 aliphatic heterocycles. The van der Waals surface area contributed by atoms with E-state index >= 15 is 0 Å². The zero-order chi connectivity index (χ0) is 22.2. The molecule has 1 atom stereocenters. The summed E-state index contributed by atoms with van der Waals surface area (Å²) in [6.45, 7) is 1.81. The predicted molar refractivity (Wildman–Crippen MR) is 118 cm³/mol. The summed E-state index contributed by atoms with van der Waals surface area (Å²) in [5, 5.41) is 21.4.